The van der Waals surface area contributed by atoms with E-state index in [4.69, 9.17) is 11.6 Å². The van der Waals surface area contributed by atoms with Crippen LogP contribution >= 0.6 is 27.5 Å². The highest BCUT2D eigenvalue weighted by atomic mass is 79.9. The van der Waals surface area contributed by atoms with Gasteiger partial charge in [-0.1, -0.05) is 70.9 Å². The van der Waals surface area contributed by atoms with Gasteiger partial charge in [-0.15, -0.1) is 0 Å². The van der Waals surface area contributed by atoms with Crippen molar-refractivity contribution >= 4 is 39.4 Å². The number of hydrogen-bond donors (Lipinski definition) is 1. The molecule has 0 spiro atoms. The fourth-order valence-corrected chi connectivity index (χ4v) is 4.61. The maximum atomic E-state index is 12.9. The standard InChI is InChI=1S/C21H22BrClN2O3/c1-2-24-13-18(26)25(11-10-14-8-9-16(23)12-17(14)22)19(20(24)21(27)28)15-6-4-3-5-7-15/h3-9,12,19-20H,2,10-11,13H2,1H3,(H,27,28). The van der Waals surface area contributed by atoms with Crippen LogP contribution in [-0.2, 0) is 16.0 Å². The minimum absolute atomic E-state index is 0.0571. The fraction of sp³-hybridized carbons (Fsp3) is 0.333. The van der Waals surface area contributed by atoms with Gasteiger partial charge in [0.05, 0.1) is 12.6 Å². The average molecular weight is 466 g/mol. The van der Waals surface area contributed by atoms with Gasteiger partial charge in [-0.2, -0.15) is 0 Å². The molecule has 1 fully saturated rings. The molecule has 1 aliphatic heterocycles. The maximum absolute atomic E-state index is 12.9. The number of piperazine rings is 1. The van der Waals surface area contributed by atoms with Crippen LogP contribution in [0, 0.1) is 0 Å². The molecule has 28 heavy (non-hydrogen) atoms. The predicted octanol–water partition coefficient (Wildman–Crippen LogP) is 4.00. The van der Waals surface area contributed by atoms with Crippen molar-refractivity contribution in [1.29, 1.82) is 0 Å². The molecule has 0 aliphatic carbocycles. The van der Waals surface area contributed by atoms with Gasteiger partial charge >= 0.3 is 5.97 Å². The minimum Gasteiger partial charge on any atom is -0.480 e. The summed E-state index contributed by atoms with van der Waals surface area (Å²) in [6.45, 7) is 2.92. The largest absolute Gasteiger partial charge is 0.480 e. The van der Waals surface area contributed by atoms with Crippen molar-refractivity contribution in [2.45, 2.75) is 25.4 Å². The van der Waals surface area contributed by atoms with Crippen LogP contribution in [0.15, 0.2) is 53.0 Å². The summed E-state index contributed by atoms with van der Waals surface area (Å²) in [6, 6.07) is 13.6. The number of carbonyl (C=O) groups is 2. The summed E-state index contributed by atoms with van der Waals surface area (Å²) < 4.78 is 0.880. The van der Waals surface area contributed by atoms with E-state index in [1.54, 1.807) is 9.80 Å². The predicted molar refractivity (Wildman–Crippen MR) is 112 cm³/mol. The number of carboxylic acid groups (broad SMARTS) is 1. The van der Waals surface area contributed by atoms with Crippen LogP contribution in [0.3, 0.4) is 0 Å². The number of carbonyl (C=O) groups excluding carboxylic acids is 1. The highest BCUT2D eigenvalue weighted by molar-refractivity contribution is 9.10. The molecule has 1 aliphatic rings. The van der Waals surface area contributed by atoms with Crippen molar-refractivity contribution in [3.8, 4) is 0 Å². The van der Waals surface area contributed by atoms with Gasteiger partial charge in [-0.25, -0.2) is 0 Å². The zero-order chi connectivity index (χ0) is 20.3. The Labute approximate surface area is 178 Å². The molecule has 5 nitrogen and oxygen atoms in total. The molecule has 1 saturated heterocycles. The van der Waals surface area contributed by atoms with Gasteiger partial charge in [0.25, 0.3) is 0 Å². The first kappa shape index (κ1) is 20.8. The van der Waals surface area contributed by atoms with Gasteiger partial charge in [0, 0.05) is 16.0 Å². The molecule has 0 saturated carbocycles. The molecule has 1 heterocycles. The molecule has 148 valence electrons. The number of hydrogen-bond acceptors (Lipinski definition) is 3. The van der Waals surface area contributed by atoms with Crippen molar-refractivity contribution in [1.82, 2.24) is 9.80 Å². The zero-order valence-corrected chi connectivity index (χ0v) is 17.9. The third kappa shape index (κ3) is 4.40. The zero-order valence-electron chi connectivity index (χ0n) is 15.5. The number of rotatable bonds is 6. The number of halogens is 2. The molecule has 2 aromatic rings. The third-order valence-corrected chi connectivity index (χ3v) is 6.10. The van der Waals surface area contributed by atoms with Crippen LogP contribution in [0.4, 0.5) is 0 Å². The van der Waals surface area contributed by atoms with E-state index in [0.717, 1.165) is 15.6 Å². The van der Waals surface area contributed by atoms with Gasteiger partial charge in [-0.3, -0.25) is 14.5 Å². The van der Waals surface area contributed by atoms with E-state index >= 15 is 0 Å². The minimum atomic E-state index is -0.916. The highest BCUT2D eigenvalue weighted by Gasteiger charge is 2.44. The lowest BCUT2D eigenvalue weighted by molar-refractivity contribution is -0.157. The molecule has 2 unspecified atom stereocenters. The Balaban J connectivity index is 1.93. The van der Waals surface area contributed by atoms with Gasteiger partial charge in [0.1, 0.15) is 6.04 Å². The highest BCUT2D eigenvalue weighted by Crippen LogP contribution is 2.33. The second kappa shape index (κ2) is 9.07. The third-order valence-electron chi connectivity index (χ3n) is 5.12. The van der Waals surface area contributed by atoms with Gasteiger partial charge < -0.3 is 10.0 Å². The molecule has 7 heteroatoms. The summed E-state index contributed by atoms with van der Waals surface area (Å²) in [5, 5.41) is 10.6. The average Bonchev–Trinajstić information content (AvgIpc) is 2.67. The first-order valence-corrected chi connectivity index (χ1v) is 10.3. The Bertz CT molecular complexity index is 862. The van der Waals surface area contributed by atoms with Crippen LogP contribution in [0.5, 0.6) is 0 Å². The van der Waals surface area contributed by atoms with Crippen molar-refractivity contribution in [2.75, 3.05) is 19.6 Å². The van der Waals surface area contributed by atoms with E-state index in [9.17, 15) is 14.7 Å². The lowest BCUT2D eigenvalue weighted by Crippen LogP contribution is -2.60. The summed E-state index contributed by atoms with van der Waals surface area (Å²) in [5.74, 6) is -0.973. The molecular formula is C21H22BrClN2O3. The fourth-order valence-electron chi connectivity index (χ4n) is 3.73. The van der Waals surface area contributed by atoms with Crippen molar-refractivity contribution < 1.29 is 14.7 Å². The summed E-state index contributed by atoms with van der Waals surface area (Å²) in [5.41, 5.74) is 1.85. The molecule has 1 amide bonds. The van der Waals surface area contributed by atoms with E-state index in [1.807, 2.05) is 55.5 Å². The second-order valence-corrected chi connectivity index (χ2v) is 8.07. The smallest absolute Gasteiger partial charge is 0.323 e. The molecule has 2 aromatic carbocycles. The Morgan fingerprint density at radius 1 is 1.25 bits per heavy atom. The number of aliphatic carboxylic acids is 1. The Morgan fingerprint density at radius 2 is 1.96 bits per heavy atom. The van der Waals surface area contributed by atoms with Crippen LogP contribution in [-0.4, -0.2) is 52.5 Å². The summed E-state index contributed by atoms with van der Waals surface area (Å²) in [7, 11) is 0. The van der Waals surface area contributed by atoms with Crippen molar-refractivity contribution in [2.24, 2.45) is 0 Å². The molecule has 3 rings (SSSR count). The molecule has 1 N–H and O–H groups in total. The van der Waals surface area contributed by atoms with E-state index in [2.05, 4.69) is 15.9 Å². The van der Waals surface area contributed by atoms with Crippen molar-refractivity contribution in [3.63, 3.8) is 0 Å². The normalized spacial score (nSPS) is 20.4. The Morgan fingerprint density at radius 3 is 2.57 bits per heavy atom. The van der Waals surface area contributed by atoms with Gasteiger partial charge in [-0.05, 0) is 36.2 Å². The number of benzene rings is 2. The molecule has 0 bridgehead atoms. The maximum Gasteiger partial charge on any atom is 0.323 e. The van der Waals surface area contributed by atoms with E-state index in [0.29, 0.717) is 24.5 Å². The van der Waals surface area contributed by atoms with Crippen LogP contribution in [0.2, 0.25) is 5.02 Å². The number of carboxylic acids is 1. The topological polar surface area (TPSA) is 60.9 Å². The molecule has 0 radical (unpaired) electrons. The second-order valence-electron chi connectivity index (χ2n) is 6.77. The number of amides is 1. The quantitative estimate of drug-likeness (QED) is 0.700. The lowest BCUT2D eigenvalue weighted by atomic mass is 9.93. The van der Waals surface area contributed by atoms with Crippen LogP contribution in [0.1, 0.15) is 24.1 Å². The van der Waals surface area contributed by atoms with E-state index in [1.165, 1.54) is 0 Å². The summed E-state index contributed by atoms with van der Waals surface area (Å²) in [6.07, 6.45) is 0.602. The number of likely N-dealkylation sites (N-methyl/N-ethyl adjacent to an activating group) is 1. The molecule has 0 aromatic heterocycles. The first-order chi connectivity index (χ1) is 13.4. The number of nitrogens with zero attached hydrogens (tertiary/aromatic N) is 2. The van der Waals surface area contributed by atoms with E-state index in [-0.39, 0.29) is 12.5 Å². The van der Waals surface area contributed by atoms with Gasteiger partial charge in [0.15, 0.2) is 0 Å². The first-order valence-electron chi connectivity index (χ1n) is 9.17. The summed E-state index contributed by atoms with van der Waals surface area (Å²) in [4.78, 5) is 28.5. The van der Waals surface area contributed by atoms with E-state index < -0.39 is 18.1 Å². The van der Waals surface area contributed by atoms with Crippen molar-refractivity contribution in [3.05, 3.63) is 69.2 Å². The van der Waals surface area contributed by atoms with Gasteiger partial charge in [0.2, 0.25) is 5.91 Å². The van der Waals surface area contributed by atoms with Crippen LogP contribution in [0.25, 0.3) is 0 Å². The monoisotopic (exact) mass is 464 g/mol. The lowest BCUT2D eigenvalue weighted by Gasteiger charge is -2.45. The van der Waals surface area contributed by atoms with Crippen LogP contribution < -0.4 is 0 Å². The summed E-state index contributed by atoms with van der Waals surface area (Å²) >= 11 is 9.53. The Kier molecular flexibility index (Phi) is 6.75. The molecular weight excluding hydrogens is 444 g/mol. The molecule has 2 atom stereocenters. The Hall–Kier alpha value is -1.89. The SMILES string of the molecule is CCN1CC(=O)N(CCc2ccc(Cl)cc2Br)C(c2ccccc2)C1C(=O)O.